The Labute approximate surface area is 169 Å². The first-order valence-electron chi connectivity index (χ1n) is 9.88. The lowest BCUT2D eigenvalue weighted by molar-refractivity contribution is -0.672. The zero-order chi connectivity index (χ0) is 21.1. The van der Waals surface area contributed by atoms with Gasteiger partial charge in [-0.15, -0.1) is 0 Å². The third-order valence-electron chi connectivity index (χ3n) is 6.09. The van der Waals surface area contributed by atoms with Crippen molar-refractivity contribution in [2.24, 2.45) is 7.05 Å². The van der Waals surface area contributed by atoms with E-state index >= 15 is 0 Å². The highest BCUT2D eigenvalue weighted by Crippen LogP contribution is 2.45. The van der Waals surface area contributed by atoms with Crippen molar-refractivity contribution in [2.45, 2.75) is 46.7 Å². The number of rotatable bonds is 3. The van der Waals surface area contributed by atoms with Gasteiger partial charge in [-0.3, -0.25) is 0 Å². The molecular weight excluding hydrogens is 371 g/mol. The highest BCUT2D eigenvalue weighted by Gasteiger charge is 2.32. The van der Waals surface area contributed by atoms with Crippen LogP contribution in [0.15, 0.2) is 36.5 Å². The molecule has 4 heteroatoms. The number of allylic oxidation sites excluding steroid dienone is 1. The first-order valence-corrected chi connectivity index (χ1v) is 9.88. The summed E-state index contributed by atoms with van der Waals surface area (Å²) in [5.41, 5.74) is 10.2. The Balaban J connectivity index is 1.96. The molecule has 0 fully saturated rings. The van der Waals surface area contributed by atoms with Gasteiger partial charge in [-0.1, -0.05) is 29.8 Å². The number of benzene rings is 2. The number of nitrogens with zero attached hydrogens (tertiary/aromatic N) is 1. The first kappa shape index (κ1) is 19.7. The normalized spacial score (nSPS) is 13.7. The number of aryl methyl sites for hydroxylation is 4. The largest absolute Gasteiger partial charge is 0.389 e. The number of pyridine rings is 1. The molecule has 0 aliphatic heterocycles. The molecule has 4 rings (SSSR count). The minimum Gasteiger partial charge on any atom is -0.200 e. The summed E-state index contributed by atoms with van der Waals surface area (Å²) in [6.45, 7) is 8.46. The van der Waals surface area contributed by atoms with E-state index in [4.69, 9.17) is 0 Å². The van der Waals surface area contributed by atoms with Crippen LogP contribution in [0, 0.1) is 20.8 Å². The van der Waals surface area contributed by atoms with Crippen LogP contribution in [-0.2, 0) is 13.5 Å². The summed E-state index contributed by atoms with van der Waals surface area (Å²) < 4.78 is 40.4. The molecule has 0 spiro atoms. The molecule has 0 N–H and O–H groups in total. The second-order valence-electron chi connectivity index (χ2n) is 8.25. The van der Waals surface area contributed by atoms with E-state index in [0.29, 0.717) is 0 Å². The van der Waals surface area contributed by atoms with Crippen LogP contribution in [0.5, 0.6) is 0 Å². The molecule has 1 aromatic heterocycles. The standard InChI is InChI=1S/C25H25F3N/c1-14-10-15(2)16(3)20(11-14)22-17(4)21-13-18(6-8-25(26,27)28)12-19-7-9-29(5)24(22)23(19)21/h7,9-13H,6,8H2,1-5H3/q+1. The molecule has 0 amide bonds. The Morgan fingerprint density at radius 3 is 2.34 bits per heavy atom. The Bertz CT molecular complexity index is 1180. The van der Waals surface area contributed by atoms with Crippen molar-refractivity contribution in [3.8, 4) is 0 Å². The number of aromatic nitrogens is 1. The summed E-state index contributed by atoms with van der Waals surface area (Å²) in [4.78, 5) is 0. The third-order valence-corrected chi connectivity index (χ3v) is 6.09. The fourth-order valence-corrected chi connectivity index (χ4v) is 4.53. The van der Waals surface area contributed by atoms with Gasteiger partial charge in [0.1, 0.15) is 7.05 Å². The van der Waals surface area contributed by atoms with Crippen molar-refractivity contribution >= 4 is 21.9 Å². The van der Waals surface area contributed by atoms with Gasteiger partial charge in [0.05, 0.1) is 11.0 Å². The smallest absolute Gasteiger partial charge is 0.200 e. The van der Waals surface area contributed by atoms with Gasteiger partial charge in [0.2, 0.25) is 5.69 Å². The molecule has 1 heterocycles. The molecule has 0 saturated heterocycles. The second-order valence-corrected chi connectivity index (χ2v) is 8.25. The Morgan fingerprint density at radius 1 is 0.931 bits per heavy atom. The summed E-state index contributed by atoms with van der Waals surface area (Å²) in [7, 11) is 2.03. The molecule has 1 aliphatic carbocycles. The highest BCUT2D eigenvalue weighted by atomic mass is 19.4. The first-order chi connectivity index (χ1) is 13.6. The maximum Gasteiger partial charge on any atom is 0.389 e. The van der Waals surface area contributed by atoms with E-state index < -0.39 is 12.6 Å². The SMILES string of the molecule is CC1=C(c2cc(C)cc(C)c2C)c2c3c1cc(CCC(F)(F)F)cc3cc[n+]2C. The second kappa shape index (κ2) is 6.72. The van der Waals surface area contributed by atoms with E-state index in [0.717, 1.165) is 33.2 Å². The number of hydrogen-bond donors (Lipinski definition) is 0. The molecule has 0 atom stereocenters. The summed E-state index contributed by atoms with van der Waals surface area (Å²) in [5, 5.41) is 2.14. The van der Waals surface area contributed by atoms with Crippen molar-refractivity contribution in [1.82, 2.24) is 0 Å². The average Bonchev–Trinajstić information content (AvgIpc) is 2.93. The summed E-state index contributed by atoms with van der Waals surface area (Å²) >= 11 is 0. The molecule has 0 bridgehead atoms. The predicted molar refractivity (Wildman–Crippen MR) is 112 cm³/mol. The van der Waals surface area contributed by atoms with Gasteiger partial charge in [0.15, 0.2) is 6.20 Å². The number of hydrogen-bond acceptors (Lipinski definition) is 0. The average molecular weight is 396 g/mol. The van der Waals surface area contributed by atoms with Crippen LogP contribution in [0.25, 0.3) is 21.9 Å². The fraction of sp³-hybridized carbons (Fsp3) is 0.320. The summed E-state index contributed by atoms with van der Waals surface area (Å²) in [5.74, 6) is 0. The lowest BCUT2D eigenvalue weighted by atomic mass is 9.91. The maximum absolute atomic E-state index is 12.8. The van der Waals surface area contributed by atoms with Gasteiger partial charge in [-0.25, -0.2) is 4.57 Å². The van der Waals surface area contributed by atoms with E-state index in [1.807, 2.05) is 31.4 Å². The fourth-order valence-electron chi connectivity index (χ4n) is 4.53. The summed E-state index contributed by atoms with van der Waals surface area (Å²) in [6, 6.07) is 10.3. The lowest BCUT2D eigenvalue weighted by Gasteiger charge is -2.13. The van der Waals surface area contributed by atoms with E-state index in [9.17, 15) is 13.2 Å². The molecule has 3 aromatic rings. The summed E-state index contributed by atoms with van der Waals surface area (Å²) in [6.07, 6.45) is -2.92. The van der Waals surface area contributed by atoms with Crippen LogP contribution in [0.3, 0.4) is 0 Å². The molecule has 0 unspecified atom stereocenters. The van der Waals surface area contributed by atoms with E-state index in [1.165, 1.54) is 27.8 Å². The maximum atomic E-state index is 12.8. The molecular formula is C25H25F3N+. The van der Waals surface area contributed by atoms with Gasteiger partial charge in [-0.2, -0.15) is 13.2 Å². The van der Waals surface area contributed by atoms with Gasteiger partial charge in [0, 0.05) is 12.5 Å². The van der Waals surface area contributed by atoms with Gasteiger partial charge < -0.3 is 0 Å². The van der Waals surface area contributed by atoms with Crippen LogP contribution in [0.4, 0.5) is 13.2 Å². The molecule has 150 valence electrons. The van der Waals surface area contributed by atoms with Crippen LogP contribution in [-0.4, -0.2) is 6.18 Å². The highest BCUT2D eigenvalue weighted by molar-refractivity contribution is 6.15. The number of halogens is 3. The van der Waals surface area contributed by atoms with Crippen molar-refractivity contribution in [2.75, 3.05) is 0 Å². The van der Waals surface area contributed by atoms with E-state index in [-0.39, 0.29) is 6.42 Å². The van der Waals surface area contributed by atoms with Crippen molar-refractivity contribution in [3.05, 3.63) is 75.6 Å². The molecule has 29 heavy (non-hydrogen) atoms. The van der Waals surface area contributed by atoms with Crippen LogP contribution in [0.2, 0.25) is 0 Å². The Kier molecular flexibility index (Phi) is 4.56. The molecule has 1 nitrogen and oxygen atoms in total. The zero-order valence-electron chi connectivity index (χ0n) is 17.5. The van der Waals surface area contributed by atoms with E-state index in [2.05, 4.69) is 44.4 Å². The van der Waals surface area contributed by atoms with Gasteiger partial charge in [0.25, 0.3) is 0 Å². The molecule has 1 aliphatic rings. The van der Waals surface area contributed by atoms with Crippen molar-refractivity contribution in [3.63, 3.8) is 0 Å². The predicted octanol–water partition coefficient (Wildman–Crippen LogP) is 6.38. The zero-order valence-corrected chi connectivity index (χ0v) is 17.5. The van der Waals surface area contributed by atoms with Crippen molar-refractivity contribution < 1.29 is 17.7 Å². The number of alkyl halides is 3. The van der Waals surface area contributed by atoms with Gasteiger partial charge in [-0.05, 0) is 72.9 Å². The minimum absolute atomic E-state index is 0.00792. The Morgan fingerprint density at radius 2 is 1.66 bits per heavy atom. The molecule has 0 radical (unpaired) electrons. The lowest BCUT2D eigenvalue weighted by Crippen LogP contribution is -2.32. The third kappa shape index (κ3) is 3.35. The molecule has 0 saturated carbocycles. The van der Waals surface area contributed by atoms with Crippen LogP contribution >= 0.6 is 0 Å². The Hall–Kier alpha value is -2.62. The molecule has 2 aromatic carbocycles. The van der Waals surface area contributed by atoms with Crippen LogP contribution < -0.4 is 4.57 Å². The minimum atomic E-state index is -4.14. The van der Waals surface area contributed by atoms with Crippen molar-refractivity contribution in [1.29, 1.82) is 0 Å². The van der Waals surface area contributed by atoms with Crippen LogP contribution in [0.1, 0.15) is 52.4 Å². The quantitative estimate of drug-likeness (QED) is 0.453. The van der Waals surface area contributed by atoms with Gasteiger partial charge >= 0.3 is 6.18 Å². The monoisotopic (exact) mass is 396 g/mol. The topological polar surface area (TPSA) is 3.88 Å². The van der Waals surface area contributed by atoms with E-state index in [1.54, 1.807) is 0 Å².